The lowest BCUT2D eigenvalue weighted by molar-refractivity contribution is 0.628. The first-order chi connectivity index (χ1) is 9.28. The fraction of sp³-hybridized carbons (Fsp3) is 0.0625. The van der Waals surface area contributed by atoms with Gasteiger partial charge in [0.15, 0.2) is 0 Å². The normalized spacial score (nSPS) is 10.3. The largest absolute Gasteiger partial charge is 0.326 e. The Morgan fingerprint density at radius 1 is 1.00 bits per heavy atom. The number of fused-ring (bicyclic) bond motifs is 1. The molecule has 0 saturated carbocycles. The second-order valence-corrected chi connectivity index (χ2v) is 4.39. The van der Waals surface area contributed by atoms with Crippen LogP contribution in [0.15, 0.2) is 54.6 Å². The molecule has 0 aliphatic rings. The van der Waals surface area contributed by atoms with E-state index in [2.05, 4.69) is 4.98 Å². The molecule has 0 spiro atoms. The van der Waals surface area contributed by atoms with E-state index < -0.39 is 0 Å². The number of pyridine rings is 1. The van der Waals surface area contributed by atoms with Crippen LogP contribution < -0.4 is 5.73 Å². The van der Waals surface area contributed by atoms with Gasteiger partial charge in [-0.3, -0.25) is 0 Å². The van der Waals surface area contributed by atoms with E-state index in [4.69, 9.17) is 5.73 Å². The van der Waals surface area contributed by atoms with Crippen LogP contribution in [-0.2, 0) is 6.54 Å². The van der Waals surface area contributed by atoms with Crippen molar-refractivity contribution < 1.29 is 4.39 Å². The Kier molecular flexibility index (Phi) is 4.32. The van der Waals surface area contributed by atoms with Crippen molar-refractivity contribution in [3.8, 4) is 11.3 Å². The van der Waals surface area contributed by atoms with Gasteiger partial charge in [-0.05, 0) is 42.0 Å². The molecule has 20 heavy (non-hydrogen) atoms. The average Bonchev–Trinajstić information content (AvgIpc) is 2.47. The lowest BCUT2D eigenvalue weighted by Crippen LogP contribution is -1.99. The van der Waals surface area contributed by atoms with Crippen molar-refractivity contribution in [2.75, 3.05) is 0 Å². The standard InChI is InChI=1S/C16H13FN2.ClH/c17-13-7-5-11(6-8-13)16-9-12(10-18)14-3-1-2-4-15(14)19-16;/h1-9H,10,18H2;1H. The van der Waals surface area contributed by atoms with Crippen LogP contribution in [0.1, 0.15) is 5.56 Å². The van der Waals surface area contributed by atoms with Crippen LogP contribution in [0.25, 0.3) is 22.2 Å². The van der Waals surface area contributed by atoms with Gasteiger partial charge in [0.2, 0.25) is 0 Å². The third-order valence-corrected chi connectivity index (χ3v) is 3.16. The van der Waals surface area contributed by atoms with E-state index in [1.54, 1.807) is 12.1 Å². The summed E-state index contributed by atoms with van der Waals surface area (Å²) >= 11 is 0. The first-order valence-electron chi connectivity index (χ1n) is 6.12. The van der Waals surface area contributed by atoms with Crippen molar-refractivity contribution in [3.63, 3.8) is 0 Å². The van der Waals surface area contributed by atoms with E-state index in [0.29, 0.717) is 6.54 Å². The van der Waals surface area contributed by atoms with Gasteiger partial charge in [0.25, 0.3) is 0 Å². The molecule has 102 valence electrons. The van der Waals surface area contributed by atoms with Crippen LogP contribution in [0.3, 0.4) is 0 Å². The Morgan fingerprint density at radius 2 is 1.70 bits per heavy atom. The molecule has 0 radical (unpaired) electrons. The molecule has 0 unspecified atom stereocenters. The van der Waals surface area contributed by atoms with Crippen LogP contribution in [0, 0.1) is 5.82 Å². The Hall–Kier alpha value is -1.97. The van der Waals surface area contributed by atoms with Crippen molar-refractivity contribution in [2.24, 2.45) is 5.73 Å². The highest BCUT2D eigenvalue weighted by molar-refractivity contribution is 5.85. The topological polar surface area (TPSA) is 38.9 Å². The molecule has 0 aliphatic carbocycles. The molecule has 0 atom stereocenters. The minimum absolute atomic E-state index is 0. The molecule has 3 aromatic rings. The smallest absolute Gasteiger partial charge is 0.123 e. The summed E-state index contributed by atoms with van der Waals surface area (Å²) in [5.41, 5.74) is 9.46. The molecule has 0 amide bonds. The summed E-state index contributed by atoms with van der Waals surface area (Å²) in [7, 11) is 0. The maximum absolute atomic E-state index is 13.0. The zero-order valence-electron chi connectivity index (χ0n) is 10.7. The van der Waals surface area contributed by atoms with E-state index in [1.807, 2.05) is 30.3 Å². The van der Waals surface area contributed by atoms with E-state index >= 15 is 0 Å². The summed E-state index contributed by atoms with van der Waals surface area (Å²) in [4.78, 5) is 4.61. The predicted octanol–water partition coefficient (Wildman–Crippen LogP) is 3.92. The second kappa shape index (κ2) is 5.99. The van der Waals surface area contributed by atoms with Crippen molar-refractivity contribution >= 4 is 23.3 Å². The first kappa shape index (κ1) is 14.4. The quantitative estimate of drug-likeness (QED) is 0.776. The zero-order chi connectivity index (χ0) is 13.2. The van der Waals surface area contributed by atoms with Crippen molar-refractivity contribution in [2.45, 2.75) is 6.54 Å². The highest BCUT2D eigenvalue weighted by atomic mass is 35.5. The second-order valence-electron chi connectivity index (χ2n) is 4.39. The van der Waals surface area contributed by atoms with E-state index in [-0.39, 0.29) is 18.2 Å². The van der Waals surface area contributed by atoms with Gasteiger partial charge in [-0.1, -0.05) is 18.2 Å². The van der Waals surface area contributed by atoms with Gasteiger partial charge in [0.05, 0.1) is 11.2 Å². The van der Waals surface area contributed by atoms with Crippen molar-refractivity contribution in [1.82, 2.24) is 4.98 Å². The van der Waals surface area contributed by atoms with E-state index in [9.17, 15) is 4.39 Å². The summed E-state index contributed by atoms with van der Waals surface area (Å²) in [5, 5.41) is 1.07. The highest BCUT2D eigenvalue weighted by Gasteiger charge is 2.06. The Morgan fingerprint density at radius 3 is 2.40 bits per heavy atom. The lowest BCUT2D eigenvalue weighted by Gasteiger charge is -2.08. The molecule has 0 bridgehead atoms. The molecule has 0 aliphatic heterocycles. The molecule has 1 heterocycles. The molecule has 0 fully saturated rings. The maximum atomic E-state index is 13.0. The fourth-order valence-electron chi connectivity index (χ4n) is 2.18. The number of nitrogens with zero attached hydrogens (tertiary/aromatic N) is 1. The van der Waals surface area contributed by atoms with Crippen LogP contribution in [0.2, 0.25) is 0 Å². The molecular formula is C16H14ClFN2. The summed E-state index contributed by atoms with van der Waals surface area (Å²) in [5.74, 6) is -0.247. The van der Waals surface area contributed by atoms with Crippen LogP contribution in [0.4, 0.5) is 4.39 Å². The number of rotatable bonds is 2. The summed E-state index contributed by atoms with van der Waals surface area (Å²) in [6.07, 6.45) is 0. The van der Waals surface area contributed by atoms with Gasteiger partial charge in [-0.15, -0.1) is 12.4 Å². The Balaban J connectivity index is 0.00000147. The molecule has 0 saturated heterocycles. The summed E-state index contributed by atoms with van der Waals surface area (Å²) in [6, 6.07) is 16.2. The maximum Gasteiger partial charge on any atom is 0.123 e. The molecule has 2 aromatic carbocycles. The van der Waals surface area contributed by atoms with Crippen molar-refractivity contribution in [1.29, 1.82) is 0 Å². The number of nitrogens with two attached hydrogens (primary N) is 1. The number of halogens is 2. The predicted molar refractivity (Wildman–Crippen MR) is 82.3 cm³/mol. The summed E-state index contributed by atoms with van der Waals surface area (Å²) < 4.78 is 13.0. The van der Waals surface area contributed by atoms with E-state index in [0.717, 1.165) is 27.7 Å². The van der Waals surface area contributed by atoms with Gasteiger partial charge in [-0.25, -0.2) is 9.37 Å². The third-order valence-electron chi connectivity index (χ3n) is 3.16. The minimum Gasteiger partial charge on any atom is -0.326 e. The number of para-hydroxylation sites is 1. The first-order valence-corrected chi connectivity index (χ1v) is 6.12. The summed E-state index contributed by atoms with van der Waals surface area (Å²) in [6.45, 7) is 0.456. The minimum atomic E-state index is -0.247. The SMILES string of the molecule is Cl.NCc1cc(-c2ccc(F)cc2)nc2ccccc12. The van der Waals surface area contributed by atoms with Gasteiger partial charge in [0.1, 0.15) is 5.82 Å². The molecule has 2 N–H and O–H groups in total. The number of benzene rings is 2. The van der Waals surface area contributed by atoms with Crippen LogP contribution >= 0.6 is 12.4 Å². The Bertz CT molecular complexity index is 726. The van der Waals surface area contributed by atoms with E-state index in [1.165, 1.54) is 12.1 Å². The third kappa shape index (κ3) is 2.64. The van der Waals surface area contributed by atoms with Gasteiger partial charge in [-0.2, -0.15) is 0 Å². The zero-order valence-corrected chi connectivity index (χ0v) is 11.5. The Labute approximate surface area is 122 Å². The van der Waals surface area contributed by atoms with Gasteiger partial charge >= 0.3 is 0 Å². The van der Waals surface area contributed by atoms with Crippen LogP contribution in [0.5, 0.6) is 0 Å². The van der Waals surface area contributed by atoms with Crippen LogP contribution in [-0.4, -0.2) is 4.98 Å². The fourth-order valence-corrected chi connectivity index (χ4v) is 2.18. The number of aromatic nitrogens is 1. The number of hydrogen-bond acceptors (Lipinski definition) is 2. The monoisotopic (exact) mass is 288 g/mol. The molecule has 1 aromatic heterocycles. The van der Waals surface area contributed by atoms with Gasteiger partial charge in [0, 0.05) is 17.5 Å². The highest BCUT2D eigenvalue weighted by Crippen LogP contribution is 2.24. The van der Waals surface area contributed by atoms with Crippen molar-refractivity contribution in [3.05, 3.63) is 66.0 Å². The molecular weight excluding hydrogens is 275 g/mol. The molecule has 3 rings (SSSR count). The lowest BCUT2D eigenvalue weighted by atomic mass is 10.0. The molecule has 2 nitrogen and oxygen atoms in total. The molecule has 4 heteroatoms. The van der Waals surface area contributed by atoms with Gasteiger partial charge < -0.3 is 5.73 Å². The average molecular weight is 289 g/mol. The number of hydrogen-bond donors (Lipinski definition) is 1.